The molecule has 0 aromatic carbocycles. The molecule has 1 fully saturated rings. The molecule has 0 radical (unpaired) electrons. The molecule has 0 spiro atoms. The molecule has 0 saturated heterocycles. The maximum absolute atomic E-state index is 12.5. The minimum absolute atomic E-state index is 0.468. The molecule has 0 amide bonds. The molecular formula is C8H15F2NO. The van der Waals surface area contributed by atoms with Crippen molar-refractivity contribution in [1.82, 2.24) is 0 Å². The van der Waals surface area contributed by atoms with E-state index in [0.717, 1.165) is 12.8 Å². The number of alkyl halides is 2. The van der Waals surface area contributed by atoms with Crippen LogP contribution in [0.2, 0.25) is 0 Å². The Morgan fingerprint density at radius 2 is 2.08 bits per heavy atom. The third kappa shape index (κ3) is 3.03. The largest absolute Gasteiger partial charge is 0.375 e. The minimum Gasteiger partial charge on any atom is -0.375 e. The molecule has 12 heavy (non-hydrogen) atoms. The summed E-state index contributed by atoms with van der Waals surface area (Å²) in [7, 11) is 0. The summed E-state index contributed by atoms with van der Waals surface area (Å²) in [6.07, 6.45) is 3.45. The Labute approximate surface area is 71.1 Å². The highest BCUT2D eigenvalue weighted by molar-refractivity contribution is 4.70. The van der Waals surface area contributed by atoms with Crippen molar-refractivity contribution in [1.29, 1.82) is 0 Å². The average Bonchev–Trinajstić information content (AvgIpc) is 1.95. The van der Waals surface area contributed by atoms with Gasteiger partial charge in [-0.25, -0.2) is 8.78 Å². The summed E-state index contributed by atoms with van der Waals surface area (Å²) < 4.78 is 29.8. The fourth-order valence-corrected chi connectivity index (χ4v) is 1.09. The van der Waals surface area contributed by atoms with Gasteiger partial charge in [-0.2, -0.15) is 0 Å². The molecule has 0 unspecified atom stereocenters. The first-order valence-electron chi connectivity index (χ1n) is 4.30. The molecule has 0 bridgehead atoms. The van der Waals surface area contributed by atoms with Crippen molar-refractivity contribution in [2.24, 2.45) is 11.7 Å². The van der Waals surface area contributed by atoms with E-state index in [1.54, 1.807) is 0 Å². The third-order valence-corrected chi connectivity index (χ3v) is 2.19. The van der Waals surface area contributed by atoms with Crippen LogP contribution in [0.25, 0.3) is 0 Å². The van der Waals surface area contributed by atoms with E-state index in [-0.39, 0.29) is 0 Å². The van der Waals surface area contributed by atoms with Crippen LogP contribution >= 0.6 is 0 Å². The van der Waals surface area contributed by atoms with Gasteiger partial charge in [-0.3, -0.25) is 0 Å². The number of ether oxygens (including phenoxy) is 1. The van der Waals surface area contributed by atoms with Gasteiger partial charge < -0.3 is 10.5 Å². The van der Waals surface area contributed by atoms with Crippen LogP contribution in [0.4, 0.5) is 8.78 Å². The van der Waals surface area contributed by atoms with Crippen LogP contribution in [-0.4, -0.2) is 25.7 Å². The van der Waals surface area contributed by atoms with Gasteiger partial charge in [0.15, 0.2) is 0 Å². The zero-order valence-electron chi connectivity index (χ0n) is 7.06. The Kier molecular flexibility index (Phi) is 3.40. The summed E-state index contributed by atoms with van der Waals surface area (Å²) in [6.45, 7) is -0.687. The average molecular weight is 179 g/mol. The predicted molar refractivity (Wildman–Crippen MR) is 42.2 cm³/mol. The molecule has 1 aliphatic rings. The van der Waals surface area contributed by atoms with E-state index in [0.29, 0.717) is 12.5 Å². The highest BCUT2D eigenvalue weighted by Gasteiger charge is 2.28. The molecule has 72 valence electrons. The maximum Gasteiger partial charge on any atom is 0.282 e. The van der Waals surface area contributed by atoms with Gasteiger partial charge in [0, 0.05) is 6.61 Å². The number of rotatable bonds is 5. The van der Waals surface area contributed by atoms with Crippen LogP contribution in [0.1, 0.15) is 19.3 Å². The minimum atomic E-state index is -2.84. The zero-order chi connectivity index (χ0) is 9.03. The SMILES string of the molecule is NCC(F)(F)COCC1CCC1. The first kappa shape index (κ1) is 9.86. The molecule has 0 atom stereocenters. The zero-order valence-corrected chi connectivity index (χ0v) is 7.06. The van der Waals surface area contributed by atoms with Gasteiger partial charge in [-0.15, -0.1) is 0 Å². The van der Waals surface area contributed by atoms with Crippen LogP contribution in [-0.2, 0) is 4.74 Å². The lowest BCUT2D eigenvalue weighted by atomic mass is 9.86. The smallest absolute Gasteiger partial charge is 0.282 e. The Hall–Kier alpha value is -0.220. The van der Waals surface area contributed by atoms with E-state index >= 15 is 0 Å². The van der Waals surface area contributed by atoms with E-state index in [4.69, 9.17) is 10.5 Å². The fourth-order valence-electron chi connectivity index (χ4n) is 1.09. The van der Waals surface area contributed by atoms with E-state index in [9.17, 15) is 8.78 Å². The quantitative estimate of drug-likeness (QED) is 0.692. The third-order valence-electron chi connectivity index (χ3n) is 2.19. The van der Waals surface area contributed by atoms with Crippen molar-refractivity contribution < 1.29 is 13.5 Å². The molecule has 1 rings (SSSR count). The highest BCUT2D eigenvalue weighted by atomic mass is 19.3. The van der Waals surface area contributed by atoms with Crippen LogP contribution in [0, 0.1) is 5.92 Å². The van der Waals surface area contributed by atoms with Crippen LogP contribution in [0.3, 0.4) is 0 Å². The Balaban J connectivity index is 2.00. The first-order chi connectivity index (χ1) is 5.64. The summed E-state index contributed by atoms with van der Waals surface area (Å²) in [5, 5.41) is 0. The molecule has 1 saturated carbocycles. The summed E-state index contributed by atoms with van der Waals surface area (Å²) in [5.41, 5.74) is 4.84. The lowest BCUT2D eigenvalue weighted by Gasteiger charge is -2.25. The molecular weight excluding hydrogens is 164 g/mol. The Morgan fingerprint density at radius 3 is 2.50 bits per heavy atom. The monoisotopic (exact) mass is 179 g/mol. The van der Waals surface area contributed by atoms with Crippen molar-refractivity contribution >= 4 is 0 Å². The van der Waals surface area contributed by atoms with Gasteiger partial charge in [-0.1, -0.05) is 6.42 Å². The second kappa shape index (κ2) is 4.14. The van der Waals surface area contributed by atoms with Crippen molar-refractivity contribution in [2.45, 2.75) is 25.2 Å². The van der Waals surface area contributed by atoms with Gasteiger partial charge >= 0.3 is 0 Å². The second-order valence-corrected chi connectivity index (χ2v) is 3.37. The standard InChI is InChI=1S/C8H15F2NO/c9-8(10,5-11)6-12-4-7-2-1-3-7/h7H,1-6,11H2. The lowest BCUT2D eigenvalue weighted by molar-refractivity contribution is -0.0803. The first-order valence-corrected chi connectivity index (χ1v) is 4.30. The van der Waals surface area contributed by atoms with E-state index in [2.05, 4.69) is 0 Å². The summed E-state index contributed by atoms with van der Waals surface area (Å²) in [5.74, 6) is -2.33. The molecule has 0 heterocycles. The summed E-state index contributed by atoms with van der Waals surface area (Å²) in [4.78, 5) is 0. The van der Waals surface area contributed by atoms with Gasteiger partial charge in [0.05, 0.1) is 6.54 Å². The topological polar surface area (TPSA) is 35.2 Å². The van der Waals surface area contributed by atoms with E-state index in [1.165, 1.54) is 6.42 Å². The highest BCUT2D eigenvalue weighted by Crippen LogP contribution is 2.26. The number of nitrogens with two attached hydrogens (primary N) is 1. The molecule has 1 aliphatic carbocycles. The van der Waals surface area contributed by atoms with E-state index in [1.807, 2.05) is 0 Å². The van der Waals surface area contributed by atoms with Crippen molar-refractivity contribution in [3.63, 3.8) is 0 Å². The molecule has 0 aromatic rings. The molecule has 2 nitrogen and oxygen atoms in total. The van der Waals surface area contributed by atoms with Gasteiger partial charge in [0.25, 0.3) is 5.92 Å². The van der Waals surface area contributed by atoms with Crippen LogP contribution in [0.5, 0.6) is 0 Å². The predicted octanol–water partition coefficient (Wildman–Crippen LogP) is 1.40. The van der Waals surface area contributed by atoms with Crippen molar-refractivity contribution in [3.8, 4) is 0 Å². The molecule has 0 aliphatic heterocycles. The summed E-state index contributed by atoms with van der Waals surface area (Å²) >= 11 is 0. The van der Waals surface area contributed by atoms with Crippen LogP contribution in [0.15, 0.2) is 0 Å². The Bertz CT molecular complexity index is 137. The Morgan fingerprint density at radius 1 is 1.42 bits per heavy atom. The van der Waals surface area contributed by atoms with Gasteiger partial charge in [-0.05, 0) is 18.8 Å². The molecule has 0 aromatic heterocycles. The van der Waals surface area contributed by atoms with E-state index < -0.39 is 19.1 Å². The summed E-state index contributed by atoms with van der Waals surface area (Å²) in [6, 6.07) is 0. The normalized spacial score (nSPS) is 19.2. The van der Waals surface area contributed by atoms with Crippen molar-refractivity contribution in [3.05, 3.63) is 0 Å². The van der Waals surface area contributed by atoms with Crippen LogP contribution < -0.4 is 5.73 Å². The lowest BCUT2D eigenvalue weighted by Crippen LogP contribution is -2.34. The number of halogens is 2. The number of hydrogen-bond donors (Lipinski definition) is 1. The number of hydrogen-bond acceptors (Lipinski definition) is 2. The van der Waals surface area contributed by atoms with Gasteiger partial charge in [0.2, 0.25) is 0 Å². The molecule has 4 heteroatoms. The fraction of sp³-hybridized carbons (Fsp3) is 1.00. The van der Waals surface area contributed by atoms with Crippen molar-refractivity contribution in [2.75, 3.05) is 19.8 Å². The second-order valence-electron chi connectivity index (χ2n) is 3.37. The molecule has 2 N–H and O–H groups in total. The maximum atomic E-state index is 12.5. The van der Waals surface area contributed by atoms with Gasteiger partial charge in [0.1, 0.15) is 6.61 Å².